The summed E-state index contributed by atoms with van der Waals surface area (Å²) in [7, 11) is 0. The van der Waals surface area contributed by atoms with Gasteiger partial charge in [-0.1, -0.05) is 0 Å². The quantitative estimate of drug-likeness (QED) is 0.730. The smallest absolute Gasteiger partial charge is 0.305 e. The van der Waals surface area contributed by atoms with E-state index in [1.54, 1.807) is 6.92 Å². The van der Waals surface area contributed by atoms with Gasteiger partial charge in [0.2, 0.25) is 0 Å². The molecule has 5 heteroatoms. The third-order valence-corrected chi connectivity index (χ3v) is 2.02. The van der Waals surface area contributed by atoms with Gasteiger partial charge in [-0.25, -0.2) is 0 Å². The SMILES string of the molecule is C[C@H]1O[C@H](CC#N)C[C@H](CC(=O)O)O1. The topological polar surface area (TPSA) is 79.5 Å². The fourth-order valence-corrected chi connectivity index (χ4v) is 1.54. The summed E-state index contributed by atoms with van der Waals surface area (Å²) in [5.74, 6) is -0.889. The van der Waals surface area contributed by atoms with Gasteiger partial charge in [-0.05, 0) is 6.92 Å². The fraction of sp³-hybridized carbons (Fsp3) is 0.778. The number of carboxylic acid groups (broad SMARTS) is 1. The average Bonchev–Trinajstić information content (AvgIpc) is 2.01. The molecule has 1 aliphatic rings. The number of rotatable bonds is 3. The number of aliphatic carboxylic acids is 1. The van der Waals surface area contributed by atoms with E-state index < -0.39 is 12.3 Å². The van der Waals surface area contributed by atoms with Crippen molar-refractivity contribution in [1.82, 2.24) is 0 Å². The van der Waals surface area contributed by atoms with Crippen molar-refractivity contribution in [3.8, 4) is 6.07 Å². The summed E-state index contributed by atoms with van der Waals surface area (Å²) in [4.78, 5) is 10.5. The minimum Gasteiger partial charge on any atom is -0.481 e. The molecule has 1 N–H and O–H groups in total. The maximum absolute atomic E-state index is 10.5. The summed E-state index contributed by atoms with van der Waals surface area (Å²) in [5, 5.41) is 17.1. The Labute approximate surface area is 82.2 Å². The Morgan fingerprint density at radius 2 is 2.21 bits per heavy atom. The molecule has 1 saturated heterocycles. The van der Waals surface area contributed by atoms with Crippen LogP contribution in [0, 0.1) is 11.3 Å². The van der Waals surface area contributed by atoms with E-state index in [0.29, 0.717) is 6.42 Å². The number of carbonyl (C=O) groups is 1. The Balaban J connectivity index is 2.46. The molecule has 0 radical (unpaired) electrons. The zero-order chi connectivity index (χ0) is 10.6. The Morgan fingerprint density at radius 3 is 2.79 bits per heavy atom. The highest BCUT2D eigenvalue weighted by molar-refractivity contribution is 5.67. The Kier molecular flexibility index (Phi) is 3.86. The number of ether oxygens (including phenoxy) is 2. The van der Waals surface area contributed by atoms with Crippen molar-refractivity contribution >= 4 is 5.97 Å². The predicted octanol–water partition coefficient (Wildman–Crippen LogP) is 0.895. The molecule has 0 spiro atoms. The van der Waals surface area contributed by atoms with Gasteiger partial charge in [-0.15, -0.1) is 0 Å². The average molecular weight is 199 g/mol. The van der Waals surface area contributed by atoms with Crippen molar-refractivity contribution < 1.29 is 19.4 Å². The Bertz CT molecular complexity index is 248. The van der Waals surface area contributed by atoms with Crippen LogP contribution in [0.2, 0.25) is 0 Å². The first-order chi connectivity index (χ1) is 6.61. The molecule has 1 rings (SSSR count). The molecule has 78 valence electrons. The normalized spacial score (nSPS) is 32.1. The molecule has 0 aliphatic carbocycles. The standard InChI is InChI=1S/C9H13NO4/c1-6-13-7(2-3-10)4-8(14-6)5-9(11)12/h6-8H,2,4-5H2,1H3,(H,11,12)/t6-,7+,8+/m0/s1. The van der Waals surface area contributed by atoms with Gasteiger partial charge < -0.3 is 14.6 Å². The summed E-state index contributed by atoms with van der Waals surface area (Å²) < 4.78 is 10.6. The first-order valence-corrected chi connectivity index (χ1v) is 4.51. The van der Waals surface area contributed by atoms with E-state index in [9.17, 15) is 4.79 Å². The predicted molar refractivity (Wildman–Crippen MR) is 46.3 cm³/mol. The molecule has 0 aromatic carbocycles. The summed E-state index contributed by atoms with van der Waals surface area (Å²) in [6.45, 7) is 1.71. The van der Waals surface area contributed by atoms with Crippen LogP contribution in [0.25, 0.3) is 0 Å². The fourth-order valence-electron chi connectivity index (χ4n) is 1.54. The number of nitrogens with zero attached hydrogens (tertiary/aromatic N) is 1. The summed E-state index contributed by atoms with van der Waals surface area (Å²) in [6, 6.07) is 2.00. The lowest BCUT2D eigenvalue weighted by Crippen LogP contribution is -2.37. The lowest BCUT2D eigenvalue weighted by molar-refractivity contribution is -0.233. The zero-order valence-electron chi connectivity index (χ0n) is 7.97. The molecule has 3 atom stereocenters. The van der Waals surface area contributed by atoms with Crippen LogP contribution in [0.4, 0.5) is 0 Å². The second-order valence-corrected chi connectivity index (χ2v) is 3.28. The third-order valence-electron chi connectivity index (χ3n) is 2.02. The highest BCUT2D eigenvalue weighted by atomic mass is 16.7. The maximum atomic E-state index is 10.5. The molecule has 1 aliphatic heterocycles. The number of carboxylic acids is 1. The van der Waals surface area contributed by atoms with Crippen LogP contribution in [0.3, 0.4) is 0 Å². The Hall–Kier alpha value is -1.12. The van der Waals surface area contributed by atoms with Crippen LogP contribution >= 0.6 is 0 Å². The summed E-state index contributed by atoms with van der Waals surface area (Å²) in [5.41, 5.74) is 0. The second-order valence-electron chi connectivity index (χ2n) is 3.28. The molecule has 5 nitrogen and oxygen atoms in total. The van der Waals surface area contributed by atoms with Gasteiger partial charge in [0.1, 0.15) is 0 Å². The van der Waals surface area contributed by atoms with Gasteiger partial charge in [0.25, 0.3) is 0 Å². The molecule has 1 fully saturated rings. The van der Waals surface area contributed by atoms with Crippen LogP contribution in [0.1, 0.15) is 26.2 Å². The van der Waals surface area contributed by atoms with E-state index in [1.165, 1.54) is 0 Å². The molecule has 0 bridgehead atoms. The van der Waals surface area contributed by atoms with Crippen molar-refractivity contribution in [3.05, 3.63) is 0 Å². The van der Waals surface area contributed by atoms with E-state index in [1.807, 2.05) is 6.07 Å². The molecule has 14 heavy (non-hydrogen) atoms. The third kappa shape index (κ3) is 3.32. The van der Waals surface area contributed by atoms with Crippen LogP contribution in [-0.2, 0) is 14.3 Å². The monoisotopic (exact) mass is 199 g/mol. The zero-order valence-corrected chi connectivity index (χ0v) is 7.97. The largest absolute Gasteiger partial charge is 0.481 e. The van der Waals surface area contributed by atoms with E-state index in [4.69, 9.17) is 19.8 Å². The highest BCUT2D eigenvalue weighted by Crippen LogP contribution is 2.22. The molecule has 0 aromatic heterocycles. The first kappa shape index (κ1) is 11.0. The van der Waals surface area contributed by atoms with Crippen molar-refractivity contribution in [2.45, 2.75) is 44.7 Å². The number of hydrogen-bond acceptors (Lipinski definition) is 4. The summed E-state index contributed by atoms with van der Waals surface area (Å²) >= 11 is 0. The lowest BCUT2D eigenvalue weighted by Gasteiger charge is -2.32. The van der Waals surface area contributed by atoms with E-state index >= 15 is 0 Å². The molecule has 0 aromatic rings. The number of hydrogen-bond donors (Lipinski definition) is 1. The van der Waals surface area contributed by atoms with E-state index in [0.717, 1.165) is 0 Å². The molecular formula is C9H13NO4. The van der Waals surface area contributed by atoms with Crippen molar-refractivity contribution in [2.24, 2.45) is 0 Å². The summed E-state index contributed by atoms with van der Waals surface area (Å²) in [6.07, 6.45) is -0.238. The van der Waals surface area contributed by atoms with Crippen molar-refractivity contribution in [1.29, 1.82) is 5.26 Å². The van der Waals surface area contributed by atoms with Gasteiger partial charge in [-0.3, -0.25) is 4.79 Å². The van der Waals surface area contributed by atoms with E-state index in [-0.39, 0.29) is 25.0 Å². The van der Waals surface area contributed by atoms with Gasteiger partial charge in [0.05, 0.1) is 31.1 Å². The molecule has 0 unspecified atom stereocenters. The minimum absolute atomic E-state index is 0.0321. The number of nitriles is 1. The molecule has 0 saturated carbocycles. The molecular weight excluding hydrogens is 186 g/mol. The van der Waals surface area contributed by atoms with Crippen LogP contribution in [0.15, 0.2) is 0 Å². The highest BCUT2D eigenvalue weighted by Gasteiger charge is 2.28. The maximum Gasteiger partial charge on any atom is 0.305 e. The van der Waals surface area contributed by atoms with Crippen molar-refractivity contribution in [2.75, 3.05) is 0 Å². The van der Waals surface area contributed by atoms with Gasteiger partial charge in [-0.2, -0.15) is 5.26 Å². The van der Waals surface area contributed by atoms with Crippen LogP contribution < -0.4 is 0 Å². The van der Waals surface area contributed by atoms with Gasteiger partial charge >= 0.3 is 5.97 Å². The molecule has 1 heterocycles. The second kappa shape index (κ2) is 4.94. The Morgan fingerprint density at radius 1 is 1.57 bits per heavy atom. The van der Waals surface area contributed by atoms with Crippen LogP contribution in [0.5, 0.6) is 0 Å². The van der Waals surface area contributed by atoms with E-state index in [2.05, 4.69) is 0 Å². The lowest BCUT2D eigenvalue weighted by atomic mass is 10.1. The van der Waals surface area contributed by atoms with Crippen molar-refractivity contribution in [3.63, 3.8) is 0 Å². The van der Waals surface area contributed by atoms with Gasteiger partial charge in [0.15, 0.2) is 6.29 Å². The molecule has 0 amide bonds. The van der Waals surface area contributed by atoms with Crippen LogP contribution in [-0.4, -0.2) is 29.6 Å². The van der Waals surface area contributed by atoms with Gasteiger partial charge in [0, 0.05) is 6.42 Å². The first-order valence-electron chi connectivity index (χ1n) is 4.51. The minimum atomic E-state index is -0.889.